The van der Waals surface area contributed by atoms with Crippen LogP contribution in [0.3, 0.4) is 0 Å². The first-order chi connectivity index (χ1) is 19.8. The number of nitro benzene ring substituents is 2. The molecule has 1 N–H and O–H groups in total. The molecule has 0 saturated carbocycles. The Bertz CT molecular complexity index is 1900. The standard InChI is InChI=1S/C14H11N3O4S.C12H9N3O3S/c1-2-21-13(18)12-8-22-14-15-10(7-16(12)14)9-5-3-4-6-11(9)17(19)20;16-6-8-7-19-12-13-10(5-14(8)12)9-3-1-2-4-11(9)15(17)18/h3-8H,2H2,1H3;1-5,7,16H,6H2. The maximum absolute atomic E-state index is 11.9. The molecule has 0 radical (unpaired) electrons. The molecule has 6 rings (SSSR count). The highest BCUT2D eigenvalue weighted by atomic mass is 32.1. The van der Waals surface area contributed by atoms with Gasteiger partial charge in [-0.1, -0.05) is 24.3 Å². The molecule has 4 heterocycles. The van der Waals surface area contributed by atoms with Crippen LogP contribution in [0.1, 0.15) is 23.1 Å². The molecule has 6 aromatic rings. The molecule has 0 unspecified atom stereocenters. The zero-order valence-electron chi connectivity index (χ0n) is 21.2. The predicted octanol–water partition coefficient (Wildman–Crippen LogP) is 5.61. The van der Waals surface area contributed by atoms with Gasteiger partial charge in [-0.25, -0.2) is 14.8 Å². The monoisotopic (exact) mass is 592 g/mol. The molecule has 208 valence electrons. The van der Waals surface area contributed by atoms with E-state index in [0.717, 1.165) is 5.69 Å². The van der Waals surface area contributed by atoms with E-state index in [1.165, 1.54) is 34.8 Å². The Balaban J connectivity index is 0.000000166. The summed E-state index contributed by atoms with van der Waals surface area (Å²) in [4.78, 5) is 43.1. The Hall–Kier alpha value is -4.99. The van der Waals surface area contributed by atoms with Crippen molar-refractivity contribution in [3.63, 3.8) is 0 Å². The van der Waals surface area contributed by atoms with Crippen LogP contribution < -0.4 is 0 Å². The number of nitrogens with zero attached hydrogens (tertiary/aromatic N) is 6. The van der Waals surface area contributed by atoms with Crippen molar-refractivity contribution in [2.24, 2.45) is 0 Å². The number of aromatic nitrogens is 4. The van der Waals surface area contributed by atoms with Crippen LogP contribution in [0, 0.1) is 20.2 Å². The van der Waals surface area contributed by atoms with Crippen molar-refractivity contribution >= 4 is 49.9 Å². The summed E-state index contributed by atoms with van der Waals surface area (Å²) in [6.45, 7) is 1.92. The van der Waals surface area contributed by atoms with Crippen LogP contribution in [0.15, 0.2) is 71.7 Å². The quantitative estimate of drug-likeness (QED) is 0.141. The van der Waals surface area contributed by atoms with Crippen LogP contribution in [0.2, 0.25) is 0 Å². The number of para-hydroxylation sites is 2. The van der Waals surface area contributed by atoms with Crippen LogP contribution in [0.5, 0.6) is 0 Å². The molecule has 0 aliphatic carbocycles. The molecule has 0 aliphatic heterocycles. The first-order valence-electron chi connectivity index (χ1n) is 12.0. The van der Waals surface area contributed by atoms with Gasteiger partial charge in [0.15, 0.2) is 9.92 Å². The number of ether oxygens (including phenoxy) is 1. The van der Waals surface area contributed by atoms with Crippen molar-refractivity contribution in [2.75, 3.05) is 6.61 Å². The summed E-state index contributed by atoms with van der Waals surface area (Å²) in [5.74, 6) is -0.444. The van der Waals surface area contributed by atoms with E-state index >= 15 is 0 Å². The third-order valence-corrected chi connectivity index (χ3v) is 7.62. The summed E-state index contributed by atoms with van der Waals surface area (Å²) in [7, 11) is 0. The number of rotatable bonds is 7. The van der Waals surface area contributed by atoms with Gasteiger partial charge in [0.25, 0.3) is 11.4 Å². The Morgan fingerprint density at radius 2 is 1.39 bits per heavy atom. The summed E-state index contributed by atoms with van der Waals surface area (Å²) in [6.07, 6.45) is 3.32. The molecule has 15 heteroatoms. The van der Waals surface area contributed by atoms with E-state index in [1.807, 2.05) is 5.38 Å². The van der Waals surface area contributed by atoms with Crippen molar-refractivity contribution < 1.29 is 24.5 Å². The van der Waals surface area contributed by atoms with E-state index in [-0.39, 0.29) is 24.6 Å². The Kier molecular flexibility index (Phi) is 7.82. The third kappa shape index (κ3) is 5.41. The van der Waals surface area contributed by atoms with Gasteiger partial charge in [0, 0.05) is 35.3 Å². The molecular formula is C26H20N6O7S2. The lowest BCUT2D eigenvalue weighted by atomic mass is 10.1. The fraction of sp³-hybridized carbons (Fsp3) is 0.115. The van der Waals surface area contributed by atoms with Crippen molar-refractivity contribution in [3.8, 4) is 22.5 Å². The molecule has 0 aliphatic rings. The van der Waals surface area contributed by atoms with Gasteiger partial charge >= 0.3 is 5.97 Å². The van der Waals surface area contributed by atoms with E-state index in [1.54, 1.807) is 69.9 Å². The number of fused-ring (bicyclic) bond motifs is 2. The normalized spacial score (nSPS) is 10.9. The van der Waals surface area contributed by atoms with Gasteiger partial charge in [0.2, 0.25) is 0 Å². The van der Waals surface area contributed by atoms with Crippen molar-refractivity contribution in [3.05, 3.63) is 103 Å². The number of benzene rings is 2. The maximum atomic E-state index is 11.9. The number of imidazole rings is 2. The van der Waals surface area contributed by atoms with Gasteiger partial charge in [0.1, 0.15) is 5.69 Å². The van der Waals surface area contributed by atoms with E-state index in [9.17, 15) is 30.1 Å². The molecule has 0 amide bonds. The van der Waals surface area contributed by atoms with Gasteiger partial charge in [-0.15, -0.1) is 22.7 Å². The highest BCUT2D eigenvalue weighted by molar-refractivity contribution is 7.15. The lowest BCUT2D eigenvalue weighted by Crippen LogP contribution is -2.06. The highest BCUT2D eigenvalue weighted by Gasteiger charge is 2.21. The van der Waals surface area contributed by atoms with Crippen molar-refractivity contribution in [2.45, 2.75) is 13.5 Å². The van der Waals surface area contributed by atoms with E-state index in [0.29, 0.717) is 38.1 Å². The molecule has 4 aromatic heterocycles. The van der Waals surface area contributed by atoms with E-state index < -0.39 is 15.8 Å². The average Bonchev–Trinajstić information content (AvgIpc) is 3.74. The fourth-order valence-corrected chi connectivity index (χ4v) is 5.74. The minimum Gasteiger partial charge on any atom is -0.461 e. The van der Waals surface area contributed by atoms with E-state index in [4.69, 9.17) is 4.74 Å². The first-order valence-corrected chi connectivity index (χ1v) is 13.8. The largest absolute Gasteiger partial charge is 0.461 e. The molecule has 41 heavy (non-hydrogen) atoms. The first kappa shape index (κ1) is 27.6. The zero-order valence-corrected chi connectivity index (χ0v) is 22.9. The van der Waals surface area contributed by atoms with Gasteiger partial charge in [-0.05, 0) is 19.1 Å². The third-order valence-electron chi connectivity index (χ3n) is 5.89. The number of hydrogen-bond acceptors (Lipinski definition) is 11. The molecular weight excluding hydrogens is 572 g/mol. The Morgan fingerprint density at radius 1 is 0.878 bits per heavy atom. The minimum absolute atomic E-state index is 0.0223. The minimum atomic E-state index is -0.449. The van der Waals surface area contributed by atoms with Gasteiger partial charge < -0.3 is 9.84 Å². The molecule has 0 spiro atoms. The van der Waals surface area contributed by atoms with Crippen LogP contribution in [0.25, 0.3) is 32.4 Å². The zero-order chi connectivity index (χ0) is 29.1. The number of thiazole rings is 2. The second-order valence-corrected chi connectivity index (χ2v) is 10.0. The Morgan fingerprint density at radius 3 is 1.93 bits per heavy atom. The van der Waals surface area contributed by atoms with Crippen LogP contribution in [-0.2, 0) is 11.3 Å². The predicted molar refractivity (Wildman–Crippen MR) is 152 cm³/mol. The SMILES string of the molecule is CCOC(=O)c1csc2nc(-c3ccccc3[N+](=O)[O-])cn12.O=[N+]([O-])c1ccccc1-c1cn2c(CO)csc2n1. The molecule has 2 aromatic carbocycles. The molecule has 0 bridgehead atoms. The summed E-state index contributed by atoms with van der Waals surface area (Å²) < 4.78 is 8.32. The number of hydrogen-bond donors (Lipinski definition) is 1. The molecule has 0 saturated heterocycles. The summed E-state index contributed by atoms with van der Waals surface area (Å²) >= 11 is 2.67. The fourth-order valence-electron chi connectivity index (χ4n) is 4.04. The number of carbonyl (C=O) groups is 1. The van der Waals surface area contributed by atoms with Crippen LogP contribution >= 0.6 is 22.7 Å². The van der Waals surface area contributed by atoms with Gasteiger partial charge in [-0.2, -0.15) is 0 Å². The van der Waals surface area contributed by atoms with Gasteiger partial charge in [-0.3, -0.25) is 29.0 Å². The highest BCUT2D eigenvalue weighted by Crippen LogP contribution is 2.32. The second-order valence-electron chi connectivity index (χ2n) is 8.33. The molecule has 0 atom stereocenters. The van der Waals surface area contributed by atoms with E-state index in [2.05, 4.69) is 9.97 Å². The Labute approximate surface area is 238 Å². The van der Waals surface area contributed by atoms with Crippen LogP contribution in [0.4, 0.5) is 11.4 Å². The average molecular weight is 593 g/mol. The maximum Gasteiger partial charge on any atom is 0.356 e. The number of nitro groups is 2. The second kappa shape index (κ2) is 11.6. The van der Waals surface area contributed by atoms with Crippen LogP contribution in [-0.4, -0.2) is 46.3 Å². The lowest BCUT2D eigenvalue weighted by molar-refractivity contribution is -0.384. The van der Waals surface area contributed by atoms with Crippen molar-refractivity contribution in [1.29, 1.82) is 0 Å². The number of aliphatic hydroxyl groups is 1. The summed E-state index contributed by atoms with van der Waals surface area (Å²) in [5.41, 5.74) is 2.96. The number of aliphatic hydroxyl groups excluding tert-OH is 1. The smallest absolute Gasteiger partial charge is 0.356 e. The molecule has 0 fully saturated rings. The summed E-state index contributed by atoms with van der Waals surface area (Å²) in [5, 5.41) is 34.8. The van der Waals surface area contributed by atoms with Gasteiger partial charge in [0.05, 0.1) is 51.3 Å². The lowest BCUT2D eigenvalue weighted by Gasteiger charge is -1.99. The van der Waals surface area contributed by atoms with Crippen molar-refractivity contribution in [1.82, 2.24) is 18.8 Å². The summed E-state index contributed by atoms with van der Waals surface area (Å²) in [6, 6.07) is 12.9. The topological polar surface area (TPSA) is 167 Å². The molecule has 13 nitrogen and oxygen atoms in total. The number of carbonyl (C=O) groups excluding carboxylic acids is 1. The number of esters is 1.